The van der Waals surface area contributed by atoms with Crippen LogP contribution in [0.15, 0.2) is 48.7 Å². The molecule has 0 amide bonds. The topological polar surface area (TPSA) is 58.5 Å². The molecule has 2 N–H and O–H groups in total. The summed E-state index contributed by atoms with van der Waals surface area (Å²) in [4.78, 5) is 0. The molecule has 130 valence electrons. The van der Waals surface area contributed by atoms with Crippen molar-refractivity contribution in [2.45, 2.75) is 12.6 Å². The first-order valence-corrected chi connectivity index (χ1v) is 8.70. The third-order valence-corrected chi connectivity index (χ3v) is 5.27. The first-order valence-electron chi connectivity index (χ1n) is 8.70. The van der Waals surface area contributed by atoms with Crippen LogP contribution in [0.2, 0.25) is 0 Å². The van der Waals surface area contributed by atoms with Gasteiger partial charge in [-0.3, -0.25) is 0 Å². The maximum atomic E-state index is 5.79. The second-order valence-electron chi connectivity index (χ2n) is 6.64. The molecule has 0 saturated carbocycles. The number of hydrogen-bond donors (Lipinski definition) is 1. The Balaban J connectivity index is 1.51. The van der Waals surface area contributed by atoms with Gasteiger partial charge in [-0.2, -0.15) is 0 Å². The van der Waals surface area contributed by atoms with Gasteiger partial charge in [-0.15, -0.1) is 0 Å². The third kappa shape index (κ3) is 1.90. The molecule has 6 rings (SSSR count). The molecule has 0 aliphatic carbocycles. The molecule has 3 aliphatic rings. The van der Waals surface area contributed by atoms with E-state index in [9.17, 15) is 0 Å². The molecule has 6 nitrogen and oxygen atoms in total. The van der Waals surface area contributed by atoms with E-state index in [4.69, 9.17) is 18.9 Å². The molecule has 1 atom stereocenters. The summed E-state index contributed by atoms with van der Waals surface area (Å²) < 4.78 is 24.6. The lowest BCUT2D eigenvalue weighted by molar-refractivity contribution is -0.702. The lowest BCUT2D eigenvalue weighted by atomic mass is 10.0. The van der Waals surface area contributed by atoms with Gasteiger partial charge in [-0.05, 0) is 42.5 Å². The molecule has 0 radical (unpaired) electrons. The predicted molar refractivity (Wildman–Crippen MR) is 91.9 cm³/mol. The van der Waals surface area contributed by atoms with Crippen molar-refractivity contribution in [1.29, 1.82) is 0 Å². The summed E-state index contributed by atoms with van der Waals surface area (Å²) in [5.74, 6) is 3.27. The Morgan fingerprint density at radius 2 is 1.73 bits per heavy atom. The van der Waals surface area contributed by atoms with Crippen LogP contribution in [-0.4, -0.2) is 18.2 Å². The van der Waals surface area contributed by atoms with Gasteiger partial charge >= 0.3 is 0 Å². The maximum Gasteiger partial charge on any atom is 0.231 e. The molecule has 3 aliphatic heterocycles. The minimum Gasteiger partial charge on any atom is -0.454 e. The average Bonchev–Trinajstić information content (AvgIpc) is 3.40. The molecule has 2 aromatic carbocycles. The fraction of sp³-hybridized carbons (Fsp3) is 0.200. The highest BCUT2D eigenvalue weighted by atomic mass is 16.7. The van der Waals surface area contributed by atoms with Crippen LogP contribution in [0.1, 0.15) is 22.9 Å². The molecular formula is C20H17N2O4+. The van der Waals surface area contributed by atoms with E-state index in [0.29, 0.717) is 6.79 Å². The third-order valence-electron chi connectivity index (χ3n) is 5.27. The van der Waals surface area contributed by atoms with Crippen LogP contribution >= 0.6 is 0 Å². The quantitative estimate of drug-likeness (QED) is 0.731. The normalized spacial score (nSPS) is 19.0. The fourth-order valence-electron chi connectivity index (χ4n) is 4.06. The fourth-order valence-corrected chi connectivity index (χ4v) is 4.06. The Hall–Kier alpha value is -3.12. The maximum absolute atomic E-state index is 5.79. The minimum atomic E-state index is 0.157. The molecule has 0 unspecified atom stereocenters. The molecule has 0 spiro atoms. The van der Waals surface area contributed by atoms with Gasteiger partial charge in [0.25, 0.3) is 0 Å². The number of hydrogen-bond acceptors (Lipinski definition) is 4. The van der Waals surface area contributed by atoms with Gasteiger partial charge in [0, 0.05) is 17.3 Å². The van der Waals surface area contributed by atoms with Gasteiger partial charge in [-0.25, -0.2) is 0 Å². The first kappa shape index (κ1) is 14.1. The Bertz CT molecular complexity index is 1030. The number of ether oxygens (including phenoxy) is 4. The van der Waals surface area contributed by atoms with E-state index in [2.05, 4.69) is 46.4 Å². The number of benzene rings is 2. The van der Waals surface area contributed by atoms with Crippen LogP contribution in [-0.2, 0) is 6.54 Å². The Morgan fingerprint density at radius 3 is 2.73 bits per heavy atom. The number of aromatic nitrogens is 1. The zero-order valence-electron chi connectivity index (χ0n) is 14.0. The summed E-state index contributed by atoms with van der Waals surface area (Å²) in [7, 11) is 0. The number of fused-ring (bicyclic) bond motifs is 6. The largest absolute Gasteiger partial charge is 0.454 e. The van der Waals surface area contributed by atoms with Crippen LogP contribution < -0.4 is 24.3 Å². The van der Waals surface area contributed by atoms with Gasteiger partial charge in [0.05, 0.1) is 5.69 Å². The van der Waals surface area contributed by atoms with Gasteiger partial charge in [0.1, 0.15) is 12.2 Å². The molecule has 0 fully saturated rings. The van der Waals surface area contributed by atoms with E-state index >= 15 is 0 Å². The smallest absolute Gasteiger partial charge is 0.231 e. The van der Waals surface area contributed by atoms with E-state index in [1.165, 1.54) is 16.8 Å². The molecule has 6 heteroatoms. The van der Waals surface area contributed by atoms with Gasteiger partial charge in [0.2, 0.25) is 13.6 Å². The molecular weight excluding hydrogens is 332 g/mol. The van der Waals surface area contributed by atoms with E-state index in [1.54, 1.807) is 0 Å². The molecule has 0 bridgehead atoms. The van der Waals surface area contributed by atoms with Crippen LogP contribution in [0, 0.1) is 0 Å². The second kappa shape index (κ2) is 5.19. The highest BCUT2D eigenvalue weighted by molar-refractivity contribution is 5.62. The van der Waals surface area contributed by atoms with Gasteiger partial charge in [0.15, 0.2) is 29.0 Å². The Labute approximate surface area is 149 Å². The van der Waals surface area contributed by atoms with Crippen molar-refractivity contribution < 1.29 is 24.3 Å². The molecule has 3 aromatic rings. The summed E-state index contributed by atoms with van der Waals surface area (Å²) >= 11 is 0. The molecule has 26 heavy (non-hydrogen) atoms. The second-order valence-corrected chi connectivity index (χ2v) is 6.64. The van der Waals surface area contributed by atoms with Crippen molar-refractivity contribution >= 4 is 0 Å². The summed E-state index contributed by atoms with van der Waals surface area (Å²) in [6.45, 7) is 1.42. The summed E-state index contributed by atoms with van der Waals surface area (Å²) in [5, 5.41) is 2.34. The van der Waals surface area contributed by atoms with E-state index in [1.807, 2.05) is 12.1 Å². The number of nitrogens with zero attached hydrogens (tertiary/aromatic N) is 1. The Kier molecular flexibility index (Phi) is 2.81. The lowest BCUT2D eigenvalue weighted by Gasteiger charge is -2.15. The van der Waals surface area contributed by atoms with Crippen molar-refractivity contribution in [1.82, 2.24) is 4.57 Å². The highest BCUT2D eigenvalue weighted by Gasteiger charge is 2.31. The monoisotopic (exact) mass is 349 g/mol. The SMILES string of the molecule is c1cc2n(c1)-c1c(ccc3c1OCO3)C[NH2+][C@@H]2c1ccc2c(c1)OCO2. The van der Waals surface area contributed by atoms with Crippen LogP contribution in [0.3, 0.4) is 0 Å². The number of rotatable bonds is 1. The van der Waals surface area contributed by atoms with Crippen LogP contribution in [0.25, 0.3) is 5.69 Å². The Morgan fingerprint density at radius 1 is 0.885 bits per heavy atom. The van der Waals surface area contributed by atoms with Crippen molar-refractivity contribution in [3.05, 3.63) is 65.5 Å². The van der Waals surface area contributed by atoms with E-state index in [-0.39, 0.29) is 12.8 Å². The summed E-state index contributed by atoms with van der Waals surface area (Å²) in [6.07, 6.45) is 2.09. The summed E-state index contributed by atoms with van der Waals surface area (Å²) in [5.41, 5.74) is 4.71. The van der Waals surface area contributed by atoms with Crippen molar-refractivity contribution in [2.24, 2.45) is 0 Å². The number of nitrogens with two attached hydrogens (primary N) is 1. The predicted octanol–water partition coefficient (Wildman–Crippen LogP) is 2.10. The van der Waals surface area contributed by atoms with E-state index < -0.39 is 0 Å². The number of quaternary nitrogens is 1. The zero-order valence-corrected chi connectivity index (χ0v) is 14.0. The summed E-state index contributed by atoms with van der Waals surface area (Å²) in [6, 6.07) is 14.7. The van der Waals surface area contributed by atoms with Crippen molar-refractivity contribution in [3.8, 4) is 28.7 Å². The van der Waals surface area contributed by atoms with E-state index in [0.717, 1.165) is 35.2 Å². The molecule has 1 aromatic heterocycles. The lowest BCUT2D eigenvalue weighted by Crippen LogP contribution is -2.83. The highest BCUT2D eigenvalue weighted by Crippen LogP contribution is 2.42. The van der Waals surface area contributed by atoms with Gasteiger partial charge in [-0.1, -0.05) is 0 Å². The van der Waals surface area contributed by atoms with Gasteiger partial charge < -0.3 is 28.8 Å². The standard InChI is InChI=1S/C20H16N2O4/c1-2-14-18(12-3-5-15-17(8-12)25-10-23-15)21-9-13-4-6-16-20(26-11-24-16)19(13)22(14)7-1/h1-8,18,21H,9-11H2/p+1/t18-/m1/s1. The minimum absolute atomic E-state index is 0.157. The molecule has 4 heterocycles. The van der Waals surface area contributed by atoms with Crippen molar-refractivity contribution in [2.75, 3.05) is 13.6 Å². The zero-order chi connectivity index (χ0) is 17.1. The van der Waals surface area contributed by atoms with Crippen LogP contribution in [0.5, 0.6) is 23.0 Å². The average molecular weight is 349 g/mol. The van der Waals surface area contributed by atoms with Crippen LogP contribution in [0.4, 0.5) is 0 Å². The van der Waals surface area contributed by atoms with Crippen molar-refractivity contribution in [3.63, 3.8) is 0 Å². The molecule has 0 saturated heterocycles. The first-order chi connectivity index (χ1) is 12.9.